The molecule has 8 heteroatoms. The first-order chi connectivity index (χ1) is 19.3. The minimum absolute atomic E-state index is 0.0124. The van der Waals surface area contributed by atoms with Crippen molar-refractivity contribution < 1.29 is 27.9 Å². The minimum atomic E-state index is -2.03. The van der Waals surface area contributed by atoms with Gasteiger partial charge < -0.3 is 18.3 Å². The number of methoxy groups -OCH3 is 2. The molecule has 0 radical (unpaired) electrons. The zero-order chi connectivity index (χ0) is 31.7. The van der Waals surface area contributed by atoms with Crippen LogP contribution in [0.4, 0.5) is 0 Å². The third-order valence-electron chi connectivity index (χ3n) is 8.83. The highest BCUT2D eigenvalue weighted by Gasteiger charge is 2.40. The van der Waals surface area contributed by atoms with Crippen LogP contribution in [0.1, 0.15) is 52.7 Å². The molecular weight excluding hydrogens is 561 g/mol. The van der Waals surface area contributed by atoms with Gasteiger partial charge in [-0.05, 0) is 71.7 Å². The van der Waals surface area contributed by atoms with E-state index < -0.39 is 16.6 Å². The Morgan fingerprint density at radius 2 is 0.833 bits per heavy atom. The molecule has 42 heavy (non-hydrogen) atoms. The van der Waals surface area contributed by atoms with Crippen LogP contribution in [0.5, 0.6) is 11.5 Å². The van der Waals surface area contributed by atoms with Crippen LogP contribution >= 0.6 is 0 Å². The molecule has 3 rings (SSSR count). The minimum Gasteiger partial charge on any atom is -0.544 e. The van der Waals surface area contributed by atoms with Gasteiger partial charge >= 0.3 is 0 Å². The number of ketones is 2. The summed E-state index contributed by atoms with van der Waals surface area (Å²) in [7, 11) is -1.01. The zero-order valence-corrected chi connectivity index (χ0v) is 29.5. The highest BCUT2D eigenvalue weighted by molar-refractivity contribution is 6.75. The van der Waals surface area contributed by atoms with Gasteiger partial charge in [0, 0.05) is 36.5 Å². The fourth-order valence-corrected chi connectivity index (χ4v) is 6.32. The molecule has 1 aliphatic carbocycles. The predicted molar refractivity (Wildman–Crippen MR) is 176 cm³/mol. The largest absolute Gasteiger partial charge is 0.544 e. The van der Waals surface area contributed by atoms with Crippen molar-refractivity contribution in [3.63, 3.8) is 0 Å². The Morgan fingerprint density at radius 3 is 1.07 bits per heavy atom. The third-order valence-corrected chi connectivity index (χ3v) is 17.5. The Balaban J connectivity index is 2.03. The summed E-state index contributed by atoms with van der Waals surface area (Å²) in [6.45, 7) is 22.0. The average molecular weight is 609 g/mol. The van der Waals surface area contributed by atoms with Crippen LogP contribution in [0.2, 0.25) is 36.3 Å². The lowest BCUT2D eigenvalue weighted by Gasteiger charge is -2.36. The Morgan fingerprint density at radius 1 is 0.548 bits per heavy atom. The zero-order valence-electron chi connectivity index (χ0n) is 27.5. The summed E-state index contributed by atoms with van der Waals surface area (Å²) in [6.07, 6.45) is 0. The second-order valence-corrected chi connectivity index (χ2v) is 23.5. The van der Waals surface area contributed by atoms with Gasteiger partial charge in [0.25, 0.3) is 0 Å². The van der Waals surface area contributed by atoms with Crippen molar-refractivity contribution in [3.05, 3.63) is 70.8 Å². The highest BCUT2D eigenvalue weighted by Crippen LogP contribution is 2.41. The highest BCUT2D eigenvalue weighted by atomic mass is 28.4. The molecule has 0 atom stereocenters. The number of hydrogen-bond acceptors (Lipinski definition) is 6. The second-order valence-electron chi connectivity index (χ2n) is 14.0. The first-order valence-corrected chi connectivity index (χ1v) is 20.3. The van der Waals surface area contributed by atoms with E-state index in [1.165, 1.54) is 14.2 Å². The molecule has 2 aromatic carbocycles. The number of rotatable bonds is 10. The molecule has 0 saturated carbocycles. The normalized spacial score (nSPS) is 15.4. The molecule has 0 bridgehead atoms. The van der Waals surface area contributed by atoms with Gasteiger partial charge in [-0.25, -0.2) is 0 Å². The molecule has 0 N–H and O–H groups in total. The topological polar surface area (TPSA) is 71.1 Å². The Labute approximate surface area is 254 Å². The van der Waals surface area contributed by atoms with Crippen molar-refractivity contribution in [2.75, 3.05) is 27.4 Å². The van der Waals surface area contributed by atoms with Gasteiger partial charge in [0.1, 0.15) is 11.5 Å². The van der Waals surface area contributed by atoms with Crippen molar-refractivity contribution in [2.45, 2.75) is 77.8 Å². The molecule has 1 aliphatic rings. The summed E-state index contributed by atoms with van der Waals surface area (Å²) < 4.78 is 23.8. The number of benzene rings is 2. The van der Waals surface area contributed by atoms with Gasteiger partial charge in [-0.2, -0.15) is 0 Å². The smallest absolute Gasteiger partial charge is 0.250 e. The number of carbonyl (C=O) groups excluding carboxylic acids is 2. The first kappa shape index (κ1) is 33.7. The van der Waals surface area contributed by atoms with Crippen molar-refractivity contribution in [3.8, 4) is 11.5 Å². The number of carbonyl (C=O) groups is 2. The summed E-state index contributed by atoms with van der Waals surface area (Å²) in [5.41, 5.74) is 2.64. The lowest BCUT2D eigenvalue weighted by molar-refractivity contribution is -0.114. The van der Waals surface area contributed by atoms with E-state index in [-0.39, 0.29) is 34.9 Å². The molecule has 0 heterocycles. The third kappa shape index (κ3) is 7.05. The van der Waals surface area contributed by atoms with Gasteiger partial charge in [0.2, 0.25) is 16.6 Å². The molecule has 228 valence electrons. The monoisotopic (exact) mass is 608 g/mol. The van der Waals surface area contributed by atoms with E-state index in [4.69, 9.17) is 18.3 Å². The molecule has 0 aromatic heterocycles. The summed E-state index contributed by atoms with van der Waals surface area (Å²) in [6, 6.07) is 14.9. The average Bonchev–Trinajstić information content (AvgIpc) is 2.87. The fraction of sp³-hybridized carbons (Fsp3) is 0.471. The summed E-state index contributed by atoms with van der Waals surface area (Å²) in [5, 5.41) is 0.105. The summed E-state index contributed by atoms with van der Waals surface area (Å²) >= 11 is 0. The second kappa shape index (κ2) is 12.4. The molecule has 2 aromatic rings. The fourth-order valence-electron chi connectivity index (χ4n) is 4.25. The first-order valence-electron chi connectivity index (χ1n) is 14.5. The van der Waals surface area contributed by atoms with Crippen LogP contribution in [0.3, 0.4) is 0 Å². The maximum atomic E-state index is 14.1. The Hall–Kier alpha value is -2.79. The lowest BCUT2D eigenvalue weighted by Crippen LogP contribution is -2.43. The molecule has 6 nitrogen and oxygen atoms in total. The van der Waals surface area contributed by atoms with Crippen molar-refractivity contribution in [2.24, 2.45) is 0 Å². The van der Waals surface area contributed by atoms with E-state index >= 15 is 0 Å². The van der Waals surface area contributed by atoms with E-state index in [1.54, 1.807) is 0 Å². The molecule has 0 unspecified atom stereocenters. The number of allylic oxidation sites excluding steroid dienone is 2. The molecule has 0 amide bonds. The van der Waals surface area contributed by atoms with E-state index in [1.807, 2.05) is 48.5 Å². The van der Waals surface area contributed by atoms with E-state index in [2.05, 4.69) is 67.7 Å². The number of ether oxygens (including phenoxy) is 2. The maximum Gasteiger partial charge on any atom is 0.250 e. The van der Waals surface area contributed by atoms with Crippen LogP contribution in [0.15, 0.2) is 59.7 Å². The van der Waals surface area contributed by atoms with Crippen molar-refractivity contribution >= 4 is 39.3 Å². The molecular formula is C34H48O6Si2. The van der Waals surface area contributed by atoms with Crippen LogP contribution in [-0.4, -0.2) is 55.6 Å². The Bertz CT molecular complexity index is 1260. The molecule has 0 aliphatic heterocycles. The van der Waals surface area contributed by atoms with Gasteiger partial charge in [0.15, 0.2) is 11.6 Å². The summed E-state index contributed by atoms with van der Waals surface area (Å²) in [5.74, 6) is 1.03. The summed E-state index contributed by atoms with van der Waals surface area (Å²) in [4.78, 5) is 28.2. The lowest BCUT2D eigenvalue weighted by atomic mass is 9.79. The predicted octanol–water partition coefficient (Wildman–Crippen LogP) is 8.11. The van der Waals surface area contributed by atoms with Crippen LogP contribution in [0, 0.1) is 0 Å². The van der Waals surface area contributed by atoms with Gasteiger partial charge in [-0.3, -0.25) is 9.59 Å². The molecule has 0 saturated heterocycles. The molecule has 0 spiro atoms. The quantitative estimate of drug-likeness (QED) is 0.200. The van der Waals surface area contributed by atoms with Gasteiger partial charge in [-0.15, -0.1) is 0 Å². The van der Waals surface area contributed by atoms with Gasteiger partial charge in [-0.1, -0.05) is 65.8 Å². The van der Waals surface area contributed by atoms with Crippen molar-refractivity contribution in [1.29, 1.82) is 0 Å². The van der Waals surface area contributed by atoms with Crippen LogP contribution in [0.25, 0.3) is 11.1 Å². The SMILES string of the molecule is COCC1=C(c2ccc(O[Si](C)(C)C(C)(C)C)cc2)C(=O)C(COC)=C(c2ccc(O[Si](C)(C)C(C)(C)C)cc2)C1=O. The number of hydrogen-bond donors (Lipinski definition) is 0. The van der Waals surface area contributed by atoms with Crippen LogP contribution < -0.4 is 8.85 Å². The standard InChI is InChI=1S/C34H48O6Si2/c1-33(2,3)41(9,10)39-25-17-13-23(14-18-25)29-27(21-37-7)32(36)30(28(22-38-8)31(29)35)24-15-19-26(20-16-24)40-42(11,12)34(4,5)6/h13-20H,21-22H2,1-12H3. The molecule has 0 fully saturated rings. The van der Waals surface area contributed by atoms with E-state index in [9.17, 15) is 9.59 Å². The Kier molecular flexibility index (Phi) is 9.99. The van der Waals surface area contributed by atoms with E-state index in [0.717, 1.165) is 11.5 Å². The maximum absolute atomic E-state index is 14.1. The number of Topliss-reactive ketones (excluding diaryl/α,β-unsaturated/α-hetero) is 2. The van der Waals surface area contributed by atoms with E-state index in [0.29, 0.717) is 33.4 Å². The van der Waals surface area contributed by atoms with Crippen LogP contribution in [-0.2, 0) is 19.1 Å². The van der Waals surface area contributed by atoms with Gasteiger partial charge in [0.05, 0.1) is 13.2 Å². The van der Waals surface area contributed by atoms with Crippen molar-refractivity contribution in [1.82, 2.24) is 0 Å².